The predicted octanol–water partition coefficient (Wildman–Crippen LogP) is 3.38. The van der Waals surface area contributed by atoms with Gasteiger partial charge in [0.05, 0.1) is 0 Å². The van der Waals surface area contributed by atoms with Gasteiger partial charge in [-0.15, -0.1) is 0 Å². The van der Waals surface area contributed by atoms with Gasteiger partial charge in [-0.1, -0.05) is 36.4 Å². The Kier molecular flexibility index (Phi) is 4.88. The van der Waals surface area contributed by atoms with E-state index in [1.165, 1.54) is 12.1 Å². The number of carbonyl (C=O) groups excluding carboxylic acids is 1. The van der Waals surface area contributed by atoms with Gasteiger partial charge in [-0.05, 0) is 42.2 Å². The fourth-order valence-corrected chi connectivity index (χ4v) is 2.04. The largest absolute Gasteiger partial charge is 0.352 e. The maximum Gasteiger partial charge on any atom is 0.220 e. The lowest BCUT2D eigenvalue weighted by molar-refractivity contribution is -0.121. The molecule has 2 aromatic carbocycles. The summed E-state index contributed by atoms with van der Waals surface area (Å²) in [4.78, 5) is 11.8. The molecule has 0 radical (unpaired) electrons. The second kappa shape index (κ2) is 6.85. The van der Waals surface area contributed by atoms with Crippen molar-refractivity contribution in [2.75, 3.05) is 0 Å². The maximum atomic E-state index is 13.0. The molecule has 0 aliphatic heterocycles. The number of hydrogen-bond donors (Lipinski definition) is 1. The zero-order valence-electron chi connectivity index (χ0n) is 11.5. The number of benzene rings is 2. The minimum atomic E-state index is -0.261. The molecule has 0 bridgehead atoms. The molecule has 0 saturated carbocycles. The molecule has 0 fully saturated rings. The van der Waals surface area contributed by atoms with Crippen LogP contribution in [0, 0.1) is 12.7 Å². The van der Waals surface area contributed by atoms with Gasteiger partial charge in [0.15, 0.2) is 0 Å². The van der Waals surface area contributed by atoms with E-state index in [-0.39, 0.29) is 11.7 Å². The summed E-state index contributed by atoms with van der Waals surface area (Å²) in [5.74, 6) is -0.277. The average Bonchev–Trinajstić information content (AvgIpc) is 2.44. The van der Waals surface area contributed by atoms with Crippen molar-refractivity contribution in [1.29, 1.82) is 0 Å². The summed E-state index contributed by atoms with van der Waals surface area (Å²) in [6.07, 6.45) is 0.923. The molecular formula is C17H18FNO. The first-order chi connectivity index (χ1) is 9.65. The summed E-state index contributed by atoms with van der Waals surface area (Å²) in [5, 5.41) is 2.89. The molecule has 1 N–H and O–H groups in total. The first-order valence-corrected chi connectivity index (χ1v) is 6.71. The van der Waals surface area contributed by atoms with Crippen molar-refractivity contribution >= 4 is 5.91 Å². The van der Waals surface area contributed by atoms with Crippen LogP contribution in [0.3, 0.4) is 0 Å². The van der Waals surface area contributed by atoms with E-state index in [0.717, 1.165) is 16.7 Å². The standard InChI is InChI=1S/C17H18FNO/c1-13-5-2-3-7-15(13)12-19-17(20)10-9-14-6-4-8-16(18)11-14/h2-8,11H,9-10,12H2,1H3,(H,19,20). The van der Waals surface area contributed by atoms with Crippen molar-refractivity contribution in [3.05, 3.63) is 71.0 Å². The lowest BCUT2D eigenvalue weighted by Crippen LogP contribution is -2.23. The number of aryl methyl sites for hydroxylation is 2. The fraction of sp³-hybridized carbons (Fsp3) is 0.235. The lowest BCUT2D eigenvalue weighted by atomic mass is 10.1. The number of nitrogens with one attached hydrogen (secondary N) is 1. The molecule has 0 heterocycles. The van der Waals surface area contributed by atoms with E-state index in [1.54, 1.807) is 6.07 Å². The number of rotatable bonds is 5. The van der Waals surface area contributed by atoms with Crippen molar-refractivity contribution in [2.24, 2.45) is 0 Å². The van der Waals surface area contributed by atoms with E-state index in [4.69, 9.17) is 0 Å². The Labute approximate surface area is 118 Å². The molecule has 0 saturated heterocycles. The first-order valence-electron chi connectivity index (χ1n) is 6.71. The Morgan fingerprint density at radius 2 is 1.95 bits per heavy atom. The Balaban J connectivity index is 1.80. The summed E-state index contributed by atoms with van der Waals surface area (Å²) in [5.41, 5.74) is 3.13. The zero-order chi connectivity index (χ0) is 14.4. The van der Waals surface area contributed by atoms with Gasteiger partial charge >= 0.3 is 0 Å². The highest BCUT2D eigenvalue weighted by Crippen LogP contribution is 2.08. The Morgan fingerprint density at radius 1 is 1.15 bits per heavy atom. The second-order valence-electron chi connectivity index (χ2n) is 4.83. The van der Waals surface area contributed by atoms with Crippen LogP contribution in [0.1, 0.15) is 23.1 Å². The van der Waals surface area contributed by atoms with E-state index in [2.05, 4.69) is 5.32 Å². The Bertz CT molecular complexity index is 595. The summed E-state index contributed by atoms with van der Waals surface area (Å²) in [7, 11) is 0. The van der Waals surface area contributed by atoms with Crippen LogP contribution < -0.4 is 5.32 Å². The van der Waals surface area contributed by atoms with Gasteiger partial charge in [0.25, 0.3) is 0 Å². The number of carbonyl (C=O) groups is 1. The van der Waals surface area contributed by atoms with Gasteiger partial charge in [-0.2, -0.15) is 0 Å². The van der Waals surface area contributed by atoms with Gasteiger partial charge in [-0.25, -0.2) is 4.39 Å². The molecule has 0 unspecified atom stereocenters. The molecule has 2 rings (SSSR count). The highest BCUT2D eigenvalue weighted by molar-refractivity contribution is 5.76. The smallest absolute Gasteiger partial charge is 0.220 e. The summed E-state index contributed by atoms with van der Waals surface area (Å²) >= 11 is 0. The van der Waals surface area contributed by atoms with E-state index in [1.807, 2.05) is 37.3 Å². The molecule has 2 nitrogen and oxygen atoms in total. The first kappa shape index (κ1) is 14.3. The molecule has 0 spiro atoms. The third-order valence-corrected chi connectivity index (χ3v) is 3.27. The van der Waals surface area contributed by atoms with Crippen molar-refractivity contribution in [1.82, 2.24) is 5.32 Å². The quantitative estimate of drug-likeness (QED) is 0.887. The SMILES string of the molecule is Cc1ccccc1CNC(=O)CCc1cccc(F)c1. The van der Waals surface area contributed by atoms with Crippen LogP contribution in [0.2, 0.25) is 0 Å². The molecule has 104 valence electrons. The Hall–Kier alpha value is -2.16. The molecular weight excluding hydrogens is 253 g/mol. The van der Waals surface area contributed by atoms with E-state index in [9.17, 15) is 9.18 Å². The second-order valence-corrected chi connectivity index (χ2v) is 4.83. The number of amides is 1. The van der Waals surface area contributed by atoms with E-state index in [0.29, 0.717) is 19.4 Å². The third kappa shape index (κ3) is 4.19. The normalized spacial score (nSPS) is 10.3. The van der Waals surface area contributed by atoms with Crippen molar-refractivity contribution < 1.29 is 9.18 Å². The monoisotopic (exact) mass is 271 g/mol. The van der Waals surface area contributed by atoms with Crippen LogP contribution in [0.15, 0.2) is 48.5 Å². The van der Waals surface area contributed by atoms with E-state index >= 15 is 0 Å². The van der Waals surface area contributed by atoms with E-state index < -0.39 is 0 Å². The predicted molar refractivity (Wildman–Crippen MR) is 77.7 cm³/mol. The van der Waals surface area contributed by atoms with Crippen LogP contribution in [0.4, 0.5) is 4.39 Å². The van der Waals surface area contributed by atoms with Crippen LogP contribution in [0.5, 0.6) is 0 Å². The van der Waals surface area contributed by atoms with Gasteiger partial charge in [0.1, 0.15) is 5.82 Å². The highest BCUT2D eigenvalue weighted by Gasteiger charge is 2.04. The minimum absolute atomic E-state index is 0.0162. The number of hydrogen-bond acceptors (Lipinski definition) is 1. The molecule has 0 aliphatic rings. The van der Waals surface area contributed by atoms with Gasteiger partial charge < -0.3 is 5.32 Å². The van der Waals surface area contributed by atoms with Crippen molar-refractivity contribution in [3.63, 3.8) is 0 Å². The van der Waals surface area contributed by atoms with Crippen LogP contribution in [-0.2, 0) is 17.8 Å². The lowest BCUT2D eigenvalue weighted by Gasteiger charge is -2.08. The fourth-order valence-electron chi connectivity index (χ4n) is 2.04. The van der Waals surface area contributed by atoms with Crippen LogP contribution in [0.25, 0.3) is 0 Å². The minimum Gasteiger partial charge on any atom is -0.352 e. The molecule has 1 amide bonds. The van der Waals surface area contributed by atoms with Crippen LogP contribution >= 0.6 is 0 Å². The van der Waals surface area contributed by atoms with Gasteiger partial charge in [-0.3, -0.25) is 4.79 Å². The third-order valence-electron chi connectivity index (χ3n) is 3.27. The summed E-state index contributed by atoms with van der Waals surface area (Å²) < 4.78 is 13.0. The molecule has 0 aromatic heterocycles. The van der Waals surface area contributed by atoms with Crippen molar-refractivity contribution in [3.8, 4) is 0 Å². The zero-order valence-corrected chi connectivity index (χ0v) is 11.5. The molecule has 0 aliphatic carbocycles. The van der Waals surface area contributed by atoms with Crippen molar-refractivity contribution in [2.45, 2.75) is 26.3 Å². The molecule has 2 aromatic rings. The molecule has 0 atom stereocenters. The average molecular weight is 271 g/mol. The summed E-state index contributed by atoms with van der Waals surface area (Å²) in [6, 6.07) is 14.3. The van der Waals surface area contributed by atoms with Gasteiger partial charge in [0.2, 0.25) is 5.91 Å². The molecule has 3 heteroatoms. The summed E-state index contributed by atoms with van der Waals surface area (Å²) in [6.45, 7) is 2.56. The highest BCUT2D eigenvalue weighted by atomic mass is 19.1. The van der Waals surface area contributed by atoms with Crippen LogP contribution in [-0.4, -0.2) is 5.91 Å². The molecule has 20 heavy (non-hydrogen) atoms. The maximum absolute atomic E-state index is 13.0. The number of halogens is 1. The topological polar surface area (TPSA) is 29.1 Å². The Morgan fingerprint density at radius 3 is 2.70 bits per heavy atom. The van der Waals surface area contributed by atoms with Gasteiger partial charge in [0, 0.05) is 13.0 Å².